The van der Waals surface area contributed by atoms with E-state index in [2.05, 4.69) is 10.1 Å². The number of carbonyl (C=O) groups is 2. The van der Waals surface area contributed by atoms with Crippen LogP contribution in [0.1, 0.15) is 30.7 Å². The van der Waals surface area contributed by atoms with Gasteiger partial charge in [-0.2, -0.15) is 0 Å². The molecule has 0 saturated heterocycles. The second-order valence-corrected chi connectivity index (χ2v) is 5.91. The molecule has 1 amide bonds. The quantitative estimate of drug-likeness (QED) is 0.870. The van der Waals surface area contributed by atoms with Gasteiger partial charge in [0.2, 0.25) is 5.91 Å². The highest BCUT2D eigenvalue weighted by molar-refractivity contribution is 5.92. The van der Waals surface area contributed by atoms with Crippen LogP contribution >= 0.6 is 0 Å². The van der Waals surface area contributed by atoms with Crippen LogP contribution in [0.2, 0.25) is 0 Å². The van der Waals surface area contributed by atoms with Gasteiger partial charge in [-0.05, 0) is 36.8 Å². The summed E-state index contributed by atoms with van der Waals surface area (Å²) in [6, 6.07) is 5.69. The number of ether oxygens (including phenoxy) is 1. The molecule has 0 spiro atoms. The summed E-state index contributed by atoms with van der Waals surface area (Å²) < 4.78 is 41.2. The summed E-state index contributed by atoms with van der Waals surface area (Å²) in [7, 11) is 0. The summed E-state index contributed by atoms with van der Waals surface area (Å²) in [5, 5.41) is 11.5. The Morgan fingerprint density at radius 2 is 1.91 bits per heavy atom. The van der Waals surface area contributed by atoms with E-state index in [-0.39, 0.29) is 5.75 Å². The first-order chi connectivity index (χ1) is 10.7. The van der Waals surface area contributed by atoms with Crippen molar-refractivity contribution in [1.29, 1.82) is 0 Å². The number of carboxylic acid groups (broad SMARTS) is 1. The van der Waals surface area contributed by atoms with E-state index in [1.54, 1.807) is 6.07 Å². The minimum atomic E-state index is -4.80. The number of benzene rings is 1. The van der Waals surface area contributed by atoms with Crippen molar-refractivity contribution in [3.05, 3.63) is 29.8 Å². The number of carbonyl (C=O) groups excluding carboxylic acids is 1. The van der Waals surface area contributed by atoms with Crippen molar-refractivity contribution in [2.75, 3.05) is 0 Å². The molecule has 0 aliphatic heterocycles. The molecular formula is C15H14F3NO4. The predicted molar refractivity (Wildman–Crippen MR) is 71.7 cm³/mol. The minimum Gasteiger partial charge on any atom is -0.480 e. The molecule has 3 rings (SSSR count). The van der Waals surface area contributed by atoms with Gasteiger partial charge in [-0.3, -0.25) is 4.79 Å². The summed E-state index contributed by atoms with van der Waals surface area (Å²) in [6.45, 7) is 0. The molecule has 23 heavy (non-hydrogen) atoms. The molecule has 0 bridgehead atoms. The van der Waals surface area contributed by atoms with Crippen LogP contribution in [0.3, 0.4) is 0 Å². The van der Waals surface area contributed by atoms with Crippen molar-refractivity contribution in [2.45, 2.75) is 37.1 Å². The van der Waals surface area contributed by atoms with Crippen LogP contribution in [0.15, 0.2) is 24.3 Å². The lowest BCUT2D eigenvalue weighted by atomic mass is 10.1. The predicted octanol–water partition coefficient (Wildman–Crippen LogP) is 2.42. The van der Waals surface area contributed by atoms with E-state index in [4.69, 9.17) is 5.11 Å². The number of hydrogen-bond acceptors (Lipinski definition) is 3. The smallest absolute Gasteiger partial charge is 0.480 e. The molecule has 2 N–H and O–H groups in total. The molecule has 2 aliphatic rings. The van der Waals surface area contributed by atoms with Gasteiger partial charge in [-0.25, -0.2) is 4.79 Å². The van der Waals surface area contributed by atoms with Gasteiger partial charge < -0.3 is 15.2 Å². The molecule has 2 saturated carbocycles. The number of halogens is 3. The maximum Gasteiger partial charge on any atom is 0.573 e. The van der Waals surface area contributed by atoms with Gasteiger partial charge in [-0.1, -0.05) is 18.2 Å². The number of alkyl halides is 3. The topological polar surface area (TPSA) is 75.6 Å². The van der Waals surface area contributed by atoms with Gasteiger partial charge in [0.25, 0.3) is 0 Å². The average Bonchev–Trinajstić information content (AvgIpc) is 3.32. The van der Waals surface area contributed by atoms with Gasteiger partial charge >= 0.3 is 12.3 Å². The SMILES string of the molecule is O=C(NC1(C(=O)O)CC1)[C@@H]1C[C@@H]1c1ccccc1OC(F)(F)F. The van der Waals surface area contributed by atoms with E-state index < -0.39 is 35.6 Å². The first-order valence-corrected chi connectivity index (χ1v) is 7.12. The second-order valence-electron chi connectivity index (χ2n) is 5.91. The van der Waals surface area contributed by atoms with E-state index in [0.717, 1.165) is 0 Å². The molecule has 0 aromatic heterocycles. The molecule has 2 aliphatic carbocycles. The van der Waals surface area contributed by atoms with Crippen molar-refractivity contribution in [1.82, 2.24) is 5.32 Å². The molecule has 0 heterocycles. The zero-order valence-corrected chi connectivity index (χ0v) is 11.9. The summed E-state index contributed by atoms with van der Waals surface area (Å²) in [6.07, 6.45) is -3.68. The van der Waals surface area contributed by atoms with Crippen molar-refractivity contribution in [2.24, 2.45) is 5.92 Å². The maximum absolute atomic E-state index is 12.4. The van der Waals surface area contributed by atoms with Crippen LogP contribution in [0.4, 0.5) is 13.2 Å². The molecule has 2 atom stereocenters. The minimum absolute atomic E-state index is 0.310. The highest BCUT2D eigenvalue weighted by Crippen LogP contribution is 2.51. The van der Waals surface area contributed by atoms with Crippen molar-refractivity contribution in [3.63, 3.8) is 0 Å². The number of rotatable bonds is 5. The first-order valence-electron chi connectivity index (χ1n) is 7.12. The lowest BCUT2D eigenvalue weighted by Crippen LogP contribution is -2.43. The van der Waals surface area contributed by atoms with Crippen LogP contribution in [-0.2, 0) is 9.59 Å². The van der Waals surface area contributed by atoms with Gasteiger partial charge in [-0.15, -0.1) is 13.2 Å². The third kappa shape index (κ3) is 3.25. The number of carboxylic acids is 1. The van der Waals surface area contributed by atoms with Crippen LogP contribution < -0.4 is 10.1 Å². The Labute approximate surface area is 129 Å². The lowest BCUT2D eigenvalue weighted by Gasteiger charge is -2.14. The molecule has 1 aromatic rings. The van der Waals surface area contributed by atoms with E-state index in [9.17, 15) is 22.8 Å². The van der Waals surface area contributed by atoms with Crippen molar-refractivity contribution < 1.29 is 32.6 Å². The average molecular weight is 329 g/mol. The van der Waals surface area contributed by atoms with Gasteiger partial charge in [0.15, 0.2) is 0 Å². The Morgan fingerprint density at radius 3 is 2.48 bits per heavy atom. The maximum atomic E-state index is 12.4. The number of aliphatic carboxylic acids is 1. The number of para-hydroxylation sites is 1. The summed E-state index contributed by atoms with van der Waals surface area (Å²) in [5.41, 5.74) is -0.878. The van der Waals surface area contributed by atoms with Crippen LogP contribution in [-0.4, -0.2) is 28.9 Å². The van der Waals surface area contributed by atoms with Gasteiger partial charge in [0.05, 0.1) is 0 Å². The van der Waals surface area contributed by atoms with E-state index in [0.29, 0.717) is 24.8 Å². The summed E-state index contributed by atoms with van der Waals surface area (Å²) >= 11 is 0. The zero-order valence-electron chi connectivity index (χ0n) is 11.9. The number of nitrogens with one attached hydrogen (secondary N) is 1. The standard InChI is InChI=1S/C15H14F3NO4/c16-15(17,18)23-11-4-2-1-3-8(11)9-7-10(9)12(20)19-14(5-6-14)13(21)22/h1-4,9-10H,5-7H2,(H,19,20)(H,21,22)/t9-,10-/m1/s1. The fourth-order valence-electron chi connectivity index (χ4n) is 2.68. The first kappa shape index (κ1) is 15.6. The van der Waals surface area contributed by atoms with Gasteiger partial charge in [0, 0.05) is 5.92 Å². The van der Waals surface area contributed by atoms with Crippen LogP contribution in [0.25, 0.3) is 0 Å². The van der Waals surface area contributed by atoms with Gasteiger partial charge in [0.1, 0.15) is 11.3 Å². The molecule has 124 valence electrons. The fraction of sp³-hybridized carbons (Fsp3) is 0.467. The Hall–Kier alpha value is -2.25. The summed E-state index contributed by atoms with van der Waals surface area (Å²) in [4.78, 5) is 23.2. The molecule has 0 radical (unpaired) electrons. The Kier molecular flexibility index (Phi) is 3.50. The zero-order chi connectivity index (χ0) is 16.8. The van der Waals surface area contributed by atoms with E-state index in [1.165, 1.54) is 18.2 Å². The van der Waals surface area contributed by atoms with Crippen molar-refractivity contribution >= 4 is 11.9 Å². The number of amides is 1. The second kappa shape index (κ2) is 5.14. The summed E-state index contributed by atoms with van der Waals surface area (Å²) in [5.74, 6) is -2.75. The molecule has 2 fully saturated rings. The normalized spacial score (nSPS) is 24.7. The van der Waals surface area contributed by atoms with Crippen LogP contribution in [0.5, 0.6) is 5.75 Å². The lowest BCUT2D eigenvalue weighted by molar-refractivity contribution is -0.274. The molecule has 1 aromatic carbocycles. The Bertz CT molecular complexity index is 654. The highest BCUT2D eigenvalue weighted by Gasteiger charge is 2.55. The van der Waals surface area contributed by atoms with Crippen molar-refractivity contribution in [3.8, 4) is 5.75 Å². The van der Waals surface area contributed by atoms with E-state index in [1.807, 2.05) is 0 Å². The molecule has 5 nitrogen and oxygen atoms in total. The fourth-order valence-corrected chi connectivity index (χ4v) is 2.68. The molecule has 8 heteroatoms. The third-order valence-corrected chi connectivity index (χ3v) is 4.19. The Balaban J connectivity index is 1.69. The van der Waals surface area contributed by atoms with E-state index >= 15 is 0 Å². The largest absolute Gasteiger partial charge is 0.573 e. The molecular weight excluding hydrogens is 315 g/mol. The Morgan fingerprint density at radius 1 is 1.26 bits per heavy atom. The monoisotopic (exact) mass is 329 g/mol. The highest BCUT2D eigenvalue weighted by atomic mass is 19.4. The van der Waals surface area contributed by atoms with Crippen LogP contribution in [0, 0.1) is 5.92 Å². The molecule has 0 unspecified atom stereocenters. The third-order valence-electron chi connectivity index (χ3n) is 4.19. The number of hydrogen-bond donors (Lipinski definition) is 2.